The first kappa shape index (κ1) is 18.2. The molecule has 150 valence electrons. The highest BCUT2D eigenvalue weighted by molar-refractivity contribution is 5.84. The molecule has 0 bridgehead atoms. The Morgan fingerprint density at radius 3 is 2.87 bits per heavy atom. The van der Waals surface area contributed by atoms with Crippen LogP contribution in [0.3, 0.4) is 0 Å². The minimum Gasteiger partial charge on any atom is -0.369 e. The Morgan fingerprint density at radius 2 is 1.93 bits per heavy atom. The van der Waals surface area contributed by atoms with Crippen molar-refractivity contribution in [2.75, 3.05) is 17.6 Å². The number of nitrogens with zero attached hydrogens (tertiary/aromatic N) is 3. The SMILES string of the molecule is Cc1ccc2[nH]cc(CCNc3nc(N)ncc3Cc3ccc4[nH]ncc4c3)c2c1. The second kappa shape index (κ2) is 7.51. The van der Waals surface area contributed by atoms with E-state index in [4.69, 9.17) is 5.73 Å². The second-order valence-electron chi connectivity index (χ2n) is 7.61. The van der Waals surface area contributed by atoms with E-state index in [2.05, 4.69) is 73.9 Å². The maximum Gasteiger partial charge on any atom is 0.221 e. The number of hydrogen-bond acceptors (Lipinski definition) is 5. The Bertz CT molecular complexity index is 1330. The first-order valence-corrected chi connectivity index (χ1v) is 9.99. The lowest BCUT2D eigenvalue weighted by Crippen LogP contribution is -2.11. The van der Waals surface area contributed by atoms with E-state index in [9.17, 15) is 0 Å². The van der Waals surface area contributed by atoms with Gasteiger partial charge in [-0.05, 0) is 48.7 Å². The number of nitrogens with two attached hydrogens (primary N) is 1. The highest BCUT2D eigenvalue weighted by atomic mass is 15.1. The van der Waals surface area contributed by atoms with Crippen LogP contribution in [0.1, 0.15) is 22.3 Å². The monoisotopic (exact) mass is 397 g/mol. The van der Waals surface area contributed by atoms with Crippen LogP contribution in [-0.4, -0.2) is 31.7 Å². The lowest BCUT2D eigenvalue weighted by Gasteiger charge is -2.11. The molecule has 0 radical (unpaired) electrons. The van der Waals surface area contributed by atoms with Gasteiger partial charge in [-0.15, -0.1) is 0 Å². The second-order valence-corrected chi connectivity index (χ2v) is 7.61. The van der Waals surface area contributed by atoms with Crippen LogP contribution in [0.4, 0.5) is 11.8 Å². The molecule has 0 aliphatic rings. The largest absolute Gasteiger partial charge is 0.369 e. The average molecular weight is 397 g/mol. The first-order valence-electron chi connectivity index (χ1n) is 9.99. The van der Waals surface area contributed by atoms with Crippen molar-refractivity contribution in [1.29, 1.82) is 0 Å². The fraction of sp³-hybridized carbons (Fsp3) is 0.174. The van der Waals surface area contributed by atoms with E-state index >= 15 is 0 Å². The zero-order valence-corrected chi connectivity index (χ0v) is 16.7. The number of rotatable bonds is 6. The number of benzene rings is 2. The molecule has 0 aliphatic carbocycles. The van der Waals surface area contributed by atoms with Crippen LogP contribution in [0, 0.1) is 6.92 Å². The summed E-state index contributed by atoms with van der Waals surface area (Å²) in [5, 5.41) is 12.9. The van der Waals surface area contributed by atoms with Gasteiger partial charge in [0, 0.05) is 47.2 Å². The Hall–Kier alpha value is -3.87. The van der Waals surface area contributed by atoms with Gasteiger partial charge in [0.05, 0.1) is 11.7 Å². The number of H-pyrrole nitrogens is 2. The fourth-order valence-electron chi connectivity index (χ4n) is 3.84. The van der Waals surface area contributed by atoms with Gasteiger partial charge >= 0.3 is 0 Å². The molecule has 0 spiro atoms. The summed E-state index contributed by atoms with van der Waals surface area (Å²) < 4.78 is 0. The van der Waals surface area contributed by atoms with E-state index in [1.807, 2.05) is 12.3 Å². The molecule has 0 aliphatic heterocycles. The molecule has 0 atom stereocenters. The number of aromatic amines is 2. The van der Waals surface area contributed by atoms with Crippen LogP contribution in [0.5, 0.6) is 0 Å². The molecule has 2 aromatic carbocycles. The molecule has 7 nitrogen and oxygen atoms in total. The van der Waals surface area contributed by atoms with E-state index in [0.29, 0.717) is 0 Å². The molecule has 30 heavy (non-hydrogen) atoms. The minimum atomic E-state index is 0.272. The highest BCUT2D eigenvalue weighted by Gasteiger charge is 2.09. The van der Waals surface area contributed by atoms with Crippen LogP contribution < -0.4 is 11.1 Å². The molecular formula is C23H23N7. The molecule has 5 rings (SSSR count). The predicted molar refractivity (Wildman–Crippen MR) is 121 cm³/mol. The molecule has 0 saturated heterocycles. The first-order chi connectivity index (χ1) is 14.7. The van der Waals surface area contributed by atoms with Crippen molar-refractivity contribution in [3.8, 4) is 0 Å². The molecule has 0 saturated carbocycles. The third-order valence-corrected chi connectivity index (χ3v) is 5.39. The van der Waals surface area contributed by atoms with Crippen LogP contribution in [0.25, 0.3) is 21.8 Å². The summed E-state index contributed by atoms with van der Waals surface area (Å²) in [6, 6.07) is 12.7. The average Bonchev–Trinajstić information content (AvgIpc) is 3.36. The van der Waals surface area contributed by atoms with Gasteiger partial charge in [-0.3, -0.25) is 5.10 Å². The highest BCUT2D eigenvalue weighted by Crippen LogP contribution is 2.22. The van der Waals surface area contributed by atoms with Gasteiger partial charge in [-0.1, -0.05) is 17.7 Å². The van der Waals surface area contributed by atoms with Crippen LogP contribution in [0.2, 0.25) is 0 Å². The minimum absolute atomic E-state index is 0.272. The van der Waals surface area contributed by atoms with Crippen molar-refractivity contribution in [2.45, 2.75) is 19.8 Å². The standard InChI is InChI=1S/C23H23N7/c1-14-2-4-21-19(8-14)16(11-26-21)6-7-25-22-18(12-27-23(24)29-22)10-15-3-5-20-17(9-15)13-28-30-20/h2-5,8-9,11-13,26H,6-7,10H2,1H3,(H,28,30)(H3,24,25,27,29). The molecule has 5 N–H and O–H groups in total. The van der Waals surface area contributed by atoms with E-state index in [1.54, 1.807) is 6.20 Å². The number of fused-ring (bicyclic) bond motifs is 2. The van der Waals surface area contributed by atoms with Gasteiger partial charge in [0.1, 0.15) is 5.82 Å². The quantitative estimate of drug-likeness (QED) is 0.347. The molecule has 0 amide bonds. The van der Waals surface area contributed by atoms with Crippen LogP contribution in [-0.2, 0) is 12.8 Å². The number of aromatic nitrogens is 5. The molecule has 5 aromatic rings. The molecule has 0 unspecified atom stereocenters. The molecule has 3 aromatic heterocycles. The van der Waals surface area contributed by atoms with Gasteiger partial charge < -0.3 is 16.0 Å². The Kier molecular flexibility index (Phi) is 4.55. The van der Waals surface area contributed by atoms with Crippen molar-refractivity contribution in [2.24, 2.45) is 0 Å². The zero-order valence-electron chi connectivity index (χ0n) is 16.7. The summed E-state index contributed by atoms with van der Waals surface area (Å²) in [4.78, 5) is 12.0. The van der Waals surface area contributed by atoms with Gasteiger partial charge in [0.2, 0.25) is 5.95 Å². The third-order valence-electron chi connectivity index (χ3n) is 5.39. The number of anilines is 2. The fourth-order valence-corrected chi connectivity index (χ4v) is 3.84. The van der Waals surface area contributed by atoms with Crippen molar-refractivity contribution in [1.82, 2.24) is 25.1 Å². The number of nitrogens with one attached hydrogen (secondary N) is 3. The smallest absolute Gasteiger partial charge is 0.221 e. The van der Waals surface area contributed by atoms with Crippen molar-refractivity contribution in [3.05, 3.63) is 77.2 Å². The lowest BCUT2D eigenvalue weighted by molar-refractivity contribution is 0.990. The summed E-state index contributed by atoms with van der Waals surface area (Å²) in [5.74, 6) is 1.06. The summed E-state index contributed by atoms with van der Waals surface area (Å²) in [7, 11) is 0. The predicted octanol–water partition coefficient (Wildman–Crippen LogP) is 3.97. The van der Waals surface area contributed by atoms with Gasteiger partial charge in [0.25, 0.3) is 0 Å². The van der Waals surface area contributed by atoms with Crippen molar-refractivity contribution < 1.29 is 0 Å². The number of nitrogen functional groups attached to an aromatic ring is 1. The van der Waals surface area contributed by atoms with Gasteiger partial charge in [0.15, 0.2) is 0 Å². The third kappa shape index (κ3) is 3.57. The van der Waals surface area contributed by atoms with Crippen LogP contribution >= 0.6 is 0 Å². The van der Waals surface area contributed by atoms with E-state index in [0.717, 1.165) is 47.2 Å². The van der Waals surface area contributed by atoms with Crippen molar-refractivity contribution in [3.63, 3.8) is 0 Å². The van der Waals surface area contributed by atoms with E-state index in [-0.39, 0.29) is 5.95 Å². The maximum absolute atomic E-state index is 5.86. The summed E-state index contributed by atoms with van der Waals surface area (Å²) in [6.45, 7) is 2.87. The molecular weight excluding hydrogens is 374 g/mol. The van der Waals surface area contributed by atoms with E-state index in [1.165, 1.54) is 22.1 Å². The Morgan fingerprint density at radius 1 is 1.03 bits per heavy atom. The maximum atomic E-state index is 5.86. The summed E-state index contributed by atoms with van der Waals surface area (Å²) in [6.07, 6.45) is 7.32. The lowest BCUT2D eigenvalue weighted by atomic mass is 10.0. The molecule has 0 fully saturated rings. The van der Waals surface area contributed by atoms with Crippen LogP contribution in [0.15, 0.2) is 55.0 Å². The Labute approximate surface area is 173 Å². The molecule has 3 heterocycles. The van der Waals surface area contributed by atoms with Gasteiger partial charge in [-0.25, -0.2) is 4.98 Å². The van der Waals surface area contributed by atoms with Gasteiger partial charge in [-0.2, -0.15) is 10.1 Å². The number of aryl methyl sites for hydroxylation is 1. The molecule has 7 heteroatoms. The summed E-state index contributed by atoms with van der Waals surface area (Å²) in [5.41, 5.74) is 12.8. The zero-order chi connectivity index (χ0) is 20.5. The normalized spacial score (nSPS) is 11.4. The summed E-state index contributed by atoms with van der Waals surface area (Å²) >= 11 is 0. The van der Waals surface area contributed by atoms with Crippen molar-refractivity contribution >= 4 is 33.6 Å². The number of hydrogen-bond donors (Lipinski definition) is 4. The van der Waals surface area contributed by atoms with E-state index < -0.39 is 0 Å². The Balaban J connectivity index is 1.33. The topological polar surface area (TPSA) is 108 Å².